The number of hydrogen-bond acceptors (Lipinski definition) is 6. The SMILES string of the molecule is CCOC(=O)c1nn(-c2cccc(C)c2)c(=O)c2c(NC(=O)CCCCl)scc12. The Morgan fingerprint density at radius 1 is 1.34 bits per heavy atom. The molecule has 7 nitrogen and oxygen atoms in total. The van der Waals surface area contributed by atoms with E-state index >= 15 is 0 Å². The minimum Gasteiger partial charge on any atom is -0.461 e. The fraction of sp³-hybridized carbons (Fsp3) is 0.300. The van der Waals surface area contributed by atoms with Crippen molar-refractivity contribution in [3.63, 3.8) is 0 Å². The lowest BCUT2D eigenvalue weighted by molar-refractivity contribution is -0.116. The van der Waals surface area contributed by atoms with Gasteiger partial charge in [0, 0.05) is 23.1 Å². The molecule has 1 N–H and O–H groups in total. The molecule has 0 saturated carbocycles. The molecule has 1 aromatic carbocycles. The van der Waals surface area contributed by atoms with E-state index in [-0.39, 0.29) is 30.0 Å². The van der Waals surface area contributed by atoms with Gasteiger partial charge in [-0.25, -0.2) is 4.79 Å². The Hall–Kier alpha value is -2.71. The summed E-state index contributed by atoms with van der Waals surface area (Å²) in [6.07, 6.45) is 0.768. The molecule has 2 aromatic heterocycles. The first-order valence-electron chi connectivity index (χ1n) is 9.10. The number of esters is 1. The van der Waals surface area contributed by atoms with Gasteiger partial charge in [0.2, 0.25) is 5.91 Å². The average Bonchev–Trinajstić information content (AvgIpc) is 3.11. The molecule has 0 saturated heterocycles. The normalized spacial score (nSPS) is 10.9. The molecule has 29 heavy (non-hydrogen) atoms. The number of fused-ring (bicyclic) bond motifs is 1. The molecule has 3 rings (SSSR count). The Kier molecular flexibility index (Phi) is 6.66. The van der Waals surface area contributed by atoms with E-state index in [0.29, 0.717) is 28.4 Å². The van der Waals surface area contributed by atoms with Crippen LogP contribution in [-0.2, 0) is 9.53 Å². The highest BCUT2D eigenvalue weighted by atomic mass is 35.5. The molecular weight excluding hydrogens is 414 g/mol. The molecule has 0 unspecified atom stereocenters. The van der Waals surface area contributed by atoms with Crippen LogP contribution in [0.3, 0.4) is 0 Å². The molecule has 3 aromatic rings. The van der Waals surface area contributed by atoms with Gasteiger partial charge in [0.1, 0.15) is 5.00 Å². The number of carbonyl (C=O) groups is 2. The molecule has 0 aliphatic heterocycles. The lowest BCUT2D eigenvalue weighted by Crippen LogP contribution is -2.25. The van der Waals surface area contributed by atoms with E-state index in [1.165, 1.54) is 16.0 Å². The van der Waals surface area contributed by atoms with Crippen molar-refractivity contribution in [2.45, 2.75) is 26.7 Å². The van der Waals surface area contributed by atoms with Crippen molar-refractivity contribution < 1.29 is 14.3 Å². The number of carbonyl (C=O) groups excluding carboxylic acids is 2. The molecular formula is C20H20ClN3O4S. The standard InChI is InChI=1S/C20H20ClN3O4S/c1-3-28-20(27)17-14-11-29-18(22-15(25)8-5-9-21)16(14)19(26)24(23-17)13-7-4-6-12(2)10-13/h4,6-7,10-11H,3,5,8-9H2,1-2H3,(H,22,25). The molecule has 0 spiro atoms. The zero-order valence-corrected chi connectivity index (χ0v) is 17.6. The summed E-state index contributed by atoms with van der Waals surface area (Å²) < 4.78 is 6.29. The van der Waals surface area contributed by atoms with Gasteiger partial charge in [-0.1, -0.05) is 12.1 Å². The summed E-state index contributed by atoms with van der Waals surface area (Å²) in [5, 5.41) is 9.63. The van der Waals surface area contributed by atoms with Crippen molar-refractivity contribution in [3.8, 4) is 5.69 Å². The Morgan fingerprint density at radius 2 is 2.14 bits per heavy atom. The summed E-state index contributed by atoms with van der Waals surface area (Å²) in [5.74, 6) is -0.502. The minimum atomic E-state index is -0.628. The van der Waals surface area contributed by atoms with E-state index in [1.807, 2.05) is 13.0 Å². The summed E-state index contributed by atoms with van der Waals surface area (Å²) >= 11 is 6.81. The second kappa shape index (κ2) is 9.19. The van der Waals surface area contributed by atoms with Gasteiger partial charge < -0.3 is 10.1 Å². The van der Waals surface area contributed by atoms with Crippen LogP contribution in [0.5, 0.6) is 0 Å². The van der Waals surface area contributed by atoms with Crippen LogP contribution in [0.1, 0.15) is 35.8 Å². The number of thiophene rings is 1. The number of nitrogens with zero attached hydrogens (tertiary/aromatic N) is 2. The lowest BCUT2D eigenvalue weighted by Gasteiger charge is -2.10. The number of halogens is 1. The molecule has 2 heterocycles. The number of amides is 1. The molecule has 0 fully saturated rings. The number of hydrogen-bond donors (Lipinski definition) is 1. The van der Waals surface area contributed by atoms with E-state index in [0.717, 1.165) is 5.56 Å². The van der Waals surface area contributed by atoms with Gasteiger partial charge in [0.05, 0.1) is 17.7 Å². The summed E-state index contributed by atoms with van der Waals surface area (Å²) in [7, 11) is 0. The van der Waals surface area contributed by atoms with Gasteiger partial charge in [-0.3, -0.25) is 9.59 Å². The van der Waals surface area contributed by atoms with Gasteiger partial charge in [0.25, 0.3) is 5.56 Å². The van der Waals surface area contributed by atoms with Crippen LogP contribution in [0.15, 0.2) is 34.4 Å². The van der Waals surface area contributed by atoms with E-state index < -0.39 is 11.5 Å². The van der Waals surface area contributed by atoms with Crippen LogP contribution in [0.2, 0.25) is 0 Å². The molecule has 152 valence electrons. The van der Waals surface area contributed by atoms with Crippen LogP contribution < -0.4 is 10.9 Å². The number of aryl methyl sites for hydroxylation is 1. The third-order valence-corrected chi connectivity index (χ3v) is 5.32. The fourth-order valence-corrected chi connectivity index (χ4v) is 3.93. The maximum absolute atomic E-state index is 13.2. The molecule has 0 aliphatic rings. The number of alkyl halides is 1. The van der Waals surface area contributed by atoms with Crippen molar-refractivity contribution in [1.82, 2.24) is 9.78 Å². The van der Waals surface area contributed by atoms with E-state index in [2.05, 4.69) is 10.4 Å². The third-order valence-electron chi connectivity index (χ3n) is 4.16. The first-order valence-corrected chi connectivity index (χ1v) is 10.5. The summed E-state index contributed by atoms with van der Waals surface area (Å²) in [4.78, 5) is 37.9. The van der Waals surface area contributed by atoms with Gasteiger partial charge in [-0.15, -0.1) is 22.9 Å². The average molecular weight is 434 g/mol. The fourth-order valence-electron chi connectivity index (χ4n) is 2.84. The zero-order valence-electron chi connectivity index (χ0n) is 16.0. The highest BCUT2D eigenvalue weighted by Gasteiger charge is 2.23. The van der Waals surface area contributed by atoms with E-state index in [9.17, 15) is 14.4 Å². The predicted molar refractivity (Wildman–Crippen MR) is 114 cm³/mol. The molecule has 0 atom stereocenters. The summed E-state index contributed by atoms with van der Waals surface area (Å²) in [5.41, 5.74) is 1.06. The largest absolute Gasteiger partial charge is 0.461 e. The Morgan fingerprint density at radius 3 is 2.83 bits per heavy atom. The van der Waals surface area contributed by atoms with Crippen molar-refractivity contribution in [1.29, 1.82) is 0 Å². The van der Waals surface area contributed by atoms with E-state index in [1.54, 1.807) is 30.5 Å². The molecule has 0 bridgehead atoms. The number of nitrogens with one attached hydrogen (secondary N) is 1. The predicted octanol–water partition coefficient (Wildman–Crippen LogP) is 3.89. The number of anilines is 1. The van der Waals surface area contributed by atoms with Gasteiger partial charge in [0.15, 0.2) is 5.69 Å². The highest BCUT2D eigenvalue weighted by Crippen LogP contribution is 2.30. The lowest BCUT2D eigenvalue weighted by atomic mass is 10.2. The maximum Gasteiger partial charge on any atom is 0.359 e. The van der Waals surface area contributed by atoms with Gasteiger partial charge in [-0.05, 0) is 38.0 Å². The number of aromatic nitrogens is 2. The van der Waals surface area contributed by atoms with Crippen molar-refractivity contribution >= 4 is 50.6 Å². The van der Waals surface area contributed by atoms with E-state index in [4.69, 9.17) is 16.3 Å². The van der Waals surface area contributed by atoms with Gasteiger partial charge in [-0.2, -0.15) is 9.78 Å². The Bertz CT molecular complexity index is 1120. The molecule has 1 amide bonds. The van der Waals surface area contributed by atoms with Gasteiger partial charge >= 0.3 is 5.97 Å². The Balaban J connectivity index is 2.20. The topological polar surface area (TPSA) is 90.3 Å². The summed E-state index contributed by atoms with van der Waals surface area (Å²) in [6, 6.07) is 7.22. The second-order valence-electron chi connectivity index (χ2n) is 6.32. The molecule has 0 radical (unpaired) electrons. The highest BCUT2D eigenvalue weighted by molar-refractivity contribution is 7.16. The zero-order chi connectivity index (χ0) is 21.0. The van der Waals surface area contributed by atoms with Crippen LogP contribution in [0.4, 0.5) is 5.00 Å². The maximum atomic E-state index is 13.2. The van der Waals surface area contributed by atoms with Crippen LogP contribution in [0.25, 0.3) is 16.5 Å². The van der Waals surface area contributed by atoms with Crippen molar-refractivity contribution in [2.75, 3.05) is 17.8 Å². The summed E-state index contributed by atoms with van der Waals surface area (Å²) in [6.45, 7) is 3.77. The Labute approximate surface area is 176 Å². The third kappa shape index (κ3) is 4.49. The molecule has 9 heteroatoms. The number of ether oxygens (including phenoxy) is 1. The van der Waals surface area contributed by atoms with Crippen molar-refractivity contribution in [2.24, 2.45) is 0 Å². The minimum absolute atomic E-state index is 0.0282. The van der Waals surface area contributed by atoms with Crippen LogP contribution in [0, 0.1) is 6.92 Å². The van der Waals surface area contributed by atoms with Crippen LogP contribution >= 0.6 is 22.9 Å². The second-order valence-corrected chi connectivity index (χ2v) is 7.58. The number of benzene rings is 1. The smallest absolute Gasteiger partial charge is 0.359 e. The first kappa shape index (κ1) is 21.0. The monoisotopic (exact) mass is 433 g/mol. The van der Waals surface area contributed by atoms with Crippen LogP contribution in [-0.4, -0.2) is 34.1 Å². The quantitative estimate of drug-likeness (QED) is 0.451. The molecule has 0 aliphatic carbocycles. The number of rotatable bonds is 7. The first-order chi connectivity index (χ1) is 14.0. The van der Waals surface area contributed by atoms with Crippen molar-refractivity contribution in [3.05, 3.63) is 51.3 Å².